The van der Waals surface area contributed by atoms with Gasteiger partial charge in [0.2, 0.25) is 0 Å². The van der Waals surface area contributed by atoms with Crippen LogP contribution in [0.25, 0.3) is 0 Å². The summed E-state index contributed by atoms with van der Waals surface area (Å²) in [4.78, 5) is 14.5. The molecule has 2 aromatic rings. The summed E-state index contributed by atoms with van der Waals surface area (Å²) < 4.78 is 1.84. The van der Waals surface area contributed by atoms with Crippen molar-refractivity contribution < 1.29 is 9.90 Å². The summed E-state index contributed by atoms with van der Waals surface area (Å²) in [6.45, 7) is 0. The molecule has 2 aromatic heterocycles. The second-order valence-electron chi connectivity index (χ2n) is 4.00. The zero-order chi connectivity index (χ0) is 13.7. The molecule has 0 aromatic carbocycles. The van der Waals surface area contributed by atoms with Crippen LogP contribution in [0.4, 0.5) is 0 Å². The maximum atomic E-state index is 10.5. The number of aryl methyl sites for hydroxylation is 2. The number of hydrogen-bond acceptors (Lipinski definition) is 5. The Kier molecular flexibility index (Phi) is 4.51. The van der Waals surface area contributed by atoms with E-state index in [1.54, 1.807) is 12.4 Å². The molecule has 7 heteroatoms. The molecule has 19 heavy (non-hydrogen) atoms. The molecule has 6 nitrogen and oxygen atoms in total. The maximum absolute atomic E-state index is 10.5. The van der Waals surface area contributed by atoms with Crippen molar-refractivity contribution >= 4 is 17.7 Å². The fraction of sp³-hybridized carbons (Fsp3) is 0.333. The number of pyridine rings is 1. The monoisotopic (exact) mass is 278 g/mol. The van der Waals surface area contributed by atoms with E-state index < -0.39 is 5.97 Å². The third-order valence-corrected chi connectivity index (χ3v) is 3.64. The predicted molar refractivity (Wildman–Crippen MR) is 71.0 cm³/mol. The summed E-state index contributed by atoms with van der Waals surface area (Å²) >= 11 is 1.18. The predicted octanol–water partition coefficient (Wildman–Crippen LogP) is 1.17. The molecule has 0 fully saturated rings. The number of aromatic nitrogens is 4. The first-order valence-electron chi connectivity index (χ1n) is 5.78. The second-order valence-corrected chi connectivity index (χ2v) is 4.94. The largest absolute Gasteiger partial charge is 0.481 e. The van der Waals surface area contributed by atoms with Crippen LogP contribution in [0.3, 0.4) is 0 Å². The Morgan fingerprint density at radius 3 is 2.74 bits per heavy atom. The number of rotatable bonds is 6. The molecule has 2 heterocycles. The number of carboxylic acid groups (broad SMARTS) is 1. The third kappa shape index (κ3) is 3.78. The molecule has 0 spiro atoms. The maximum Gasteiger partial charge on any atom is 0.313 e. The lowest BCUT2D eigenvalue weighted by Gasteiger charge is -2.03. The highest BCUT2D eigenvalue weighted by Gasteiger charge is 2.10. The summed E-state index contributed by atoms with van der Waals surface area (Å²) in [7, 11) is 1.85. The van der Waals surface area contributed by atoms with Crippen molar-refractivity contribution in [2.75, 3.05) is 5.75 Å². The lowest BCUT2D eigenvalue weighted by Crippen LogP contribution is -2.03. The minimum absolute atomic E-state index is 0.00364. The van der Waals surface area contributed by atoms with Crippen LogP contribution in [0.15, 0.2) is 29.7 Å². The van der Waals surface area contributed by atoms with Gasteiger partial charge in [-0.25, -0.2) is 0 Å². The minimum Gasteiger partial charge on any atom is -0.481 e. The highest BCUT2D eigenvalue weighted by atomic mass is 32.2. The van der Waals surface area contributed by atoms with Gasteiger partial charge in [-0.1, -0.05) is 11.8 Å². The van der Waals surface area contributed by atoms with Gasteiger partial charge in [-0.15, -0.1) is 10.2 Å². The number of carboxylic acids is 1. The summed E-state index contributed by atoms with van der Waals surface area (Å²) in [6.07, 6.45) is 5.15. The molecular formula is C12H14N4O2S. The van der Waals surface area contributed by atoms with Crippen LogP contribution in [0.1, 0.15) is 11.4 Å². The van der Waals surface area contributed by atoms with Crippen molar-refractivity contribution in [1.29, 1.82) is 0 Å². The zero-order valence-electron chi connectivity index (χ0n) is 10.5. The van der Waals surface area contributed by atoms with Crippen molar-refractivity contribution in [3.8, 4) is 0 Å². The lowest BCUT2D eigenvalue weighted by molar-refractivity contribution is -0.133. The summed E-state index contributed by atoms with van der Waals surface area (Å²) in [6, 6.07) is 3.94. The van der Waals surface area contributed by atoms with Gasteiger partial charge in [-0.2, -0.15) is 0 Å². The van der Waals surface area contributed by atoms with Crippen LogP contribution < -0.4 is 0 Å². The van der Waals surface area contributed by atoms with E-state index in [2.05, 4.69) is 15.2 Å². The van der Waals surface area contributed by atoms with E-state index in [0.29, 0.717) is 5.16 Å². The standard InChI is InChI=1S/C12H14N4O2S/c1-16-10(3-2-9-4-6-13-7-5-9)14-15-12(16)19-8-11(17)18/h4-7H,2-3,8H2,1H3,(H,17,18). The van der Waals surface area contributed by atoms with Crippen molar-refractivity contribution in [2.24, 2.45) is 7.05 Å². The van der Waals surface area contributed by atoms with Crippen LogP contribution in [-0.4, -0.2) is 36.6 Å². The molecule has 1 N–H and O–H groups in total. The van der Waals surface area contributed by atoms with Gasteiger partial charge in [-0.05, 0) is 24.1 Å². The van der Waals surface area contributed by atoms with Crippen molar-refractivity contribution in [2.45, 2.75) is 18.0 Å². The quantitative estimate of drug-likeness (QED) is 0.799. The van der Waals surface area contributed by atoms with E-state index in [1.165, 1.54) is 17.3 Å². The Balaban J connectivity index is 1.96. The average Bonchev–Trinajstić information content (AvgIpc) is 2.76. The number of aliphatic carboxylic acids is 1. The summed E-state index contributed by atoms with van der Waals surface area (Å²) in [5, 5.41) is 17.4. The molecule has 2 rings (SSSR count). The molecule has 100 valence electrons. The summed E-state index contributed by atoms with van der Waals surface area (Å²) in [5.41, 5.74) is 1.19. The molecular weight excluding hydrogens is 264 g/mol. The van der Waals surface area contributed by atoms with E-state index in [1.807, 2.05) is 23.7 Å². The first kappa shape index (κ1) is 13.5. The molecule has 0 atom stereocenters. The second kappa shape index (κ2) is 6.33. The summed E-state index contributed by atoms with van der Waals surface area (Å²) in [5.74, 6) is -0.00731. The Bertz CT molecular complexity index is 556. The van der Waals surface area contributed by atoms with Crippen LogP contribution in [0, 0.1) is 0 Å². The van der Waals surface area contributed by atoms with Crippen molar-refractivity contribution in [3.05, 3.63) is 35.9 Å². The van der Waals surface area contributed by atoms with Gasteiger partial charge in [0.1, 0.15) is 5.82 Å². The average molecular weight is 278 g/mol. The Hall–Kier alpha value is -1.89. The van der Waals surface area contributed by atoms with Crippen LogP contribution in [0.5, 0.6) is 0 Å². The van der Waals surface area contributed by atoms with Gasteiger partial charge in [-0.3, -0.25) is 9.78 Å². The molecule has 0 aliphatic heterocycles. The van der Waals surface area contributed by atoms with Gasteiger partial charge in [0.15, 0.2) is 5.16 Å². The molecule has 0 aliphatic carbocycles. The first-order valence-corrected chi connectivity index (χ1v) is 6.77. The molecule has 0 amide bonds. The van der Waals surface area contributed by atoms with E-state index >= 15 is 0 Å². The first-order chi connectivity index (χ1) is 9.16. The number of carbonyl (C=O) groups is 1. The zero-order valence-corrected chi connectivity index (χ0v) is 11.3. The van der Waals surface area contributed by atoms with Crippen LogP contribution >= 0.6 is 11.8 Å². The fourth-order valence-electron chi connectivity index (χ4n) is 1.62. The van der Waals surface area contributed by atoms with Crippen molar-refractivity contribution in [3.63, 3.8) is 0 Å². The highest BCUT2D eigenvalue weighted by Crippen LogP contribution is 2.16. The van der Waals surface area contributed by atoms with Gasteiger partial charge >= 0.3 is 5.97 Å². The third-order valence-electron chi connectivity index (χ3n) is 2.64. The van der Waals surface area contributed by atoms with E-state index in [-0.39, 0.29) is 5.75 Å². The molecule has 0 aliphatic rings. The molecule has 0 bridgehead atoms. The highest BCUT2D eigenvalue weighted by molar-refractivity contribution is 7.99. The fourth-order valence-corrected chi connectivity index (χ4v) is 2.27. The molecule has 0 radical (unpaired) electrons. The van der Waals surface area contributed by atoms with Gasteiger partial charge in [0, 0.05) is 25.9 Å². The topological polar surface area (TPSA) is 80.9 Å². The smallest absolute Gasteiger partial charge is 0.313 e. The number of thioether (sulfide) groups is 1. The normalized spacial score (nSPS) is 10.6. The Morgan fingerprint density at radius 2 is 2.05 bits per heavy atom. The van der Waals surface area contributed by atoms with Gasteiger partial charge in [0.05, 0.1) is 5.75 Å². The SMILES string of the molecule is Cn1c(CCc2ccncc2)nnc1SCC(=O)O. The number of hydrogen-bond donors (Lipinski definition) is 1. The van der Waals surface area contributed by atoms with Crippen molar-refractivity contribution in [1.82, 2.24) is 19.7 Å². The minimum atomic E-state index is -0.855. The Morgan fingerprint density at radius 1 is 1.32 bits per heavy atom. The number of nitrogens with zero attached hydrogens (tertiary/aromatic N) is 4. The molecule has 0 saturated carbocycles. The van der Waals surface area contributed by atoms with Gasteiger partial charge in [0.25, 0.3) is 0 Å². The molecule has 0 saturated heterocycles. The lowest BCUT2D eigenvalue weighted by atomic mass is 10.1. The van der Waals surface area contributed by atoms with Crippen LogP contribution in [0.2, 0.25) is 0 Å². The Labute approximate surface area is 114 Å². The van der Waals surface area contributed by atoms with E-state index in [9.17, 15) is 4.79 Å². The molecule has 0 unspecified atom stereocenters. The van der Waals surface area contributed by atoms with Gasteiger partial charge < -0.3 is 9.67 Å². The van der Waals surface area contributed by atoms with E-state index in [0.717, 1.165) is 18.7 Å². The van der Waals surface area contributed by atoms with Crippen LogP contribution in [-0.2, 0) is 24.7 Å². The van der Waals surface area contributed by atoms with E-state index in [4.69, 9.17) is 5.11 Å².